The van der Waals surface area contributed by atoms with Crippen LogP contribution >= 0.6 is 0 Å². The minimum Gasteiger partial charge on any atom is -0.406 e. The zero-order chi connectivity index (χ0) is 12.0. The van der Waals surface area contributed by atoms with Crippen molar-refractivity contribution in [1.29, 1.82) is 0 Å². The third-order valence-electron chi connectivity index (χ3n) is 1.50. The predicted molar refractivity (Wildman–Crippen MR) is 51.7 cm³/mol. The number of halogens is 4. The summed E-state index contributed by atoms with van der Waals surface area (Å²) in [5, 5.41) is 0. The van der Waals surface area contributed by atoms with Crippen LogP contribution in [0.15, 0.2) is 24.3 Å². The fraction of sp³-hybridized carbons (Fsp3) is 0.200. The van der Waals surface area contributed by atoms with Crippen molar-refractivity contribution in [2.24, 2.45) is 0 Å². The van der Waals surface area contributed by atoms with Crippen molar-refractivity contribution >= 4 is 7.56 Å². The van der Waals surface area contributed by atoms with E-state index in [0.717, 1.165) is 12.1 Å². The highest BCUT2D eigenvalue weighted by Gasteiger charge is 2.30. The molecule has 6 heteroatoms. The van der Waals surface area contributed by atoms with Gasteiger partial charge >= 0.3 is 13.9 Å². The molecule has 83 valence electrons. The first kappa shape index (κ1) is 12.4. The molecule has 0 N–H and O–H groups in total. The second-order valence-electron chi connectivity index (χ2n) is 2.73. The highest BCUT2D eigenvalue weighted by Crippen LogP contribution is 2.22. The van der Waals surface area contributed by atoms with Crippen LogP contribution in [0.3, 0.4) is 0 Å². The van der Waals surface area contributed by atoms with Crippen molar-refractivity contribution in [2.45, 2.75) is 12.7 Å². The number of benzene rings is 1. The van der Waals surface area contributed by atoms with Gasteiger partial charge in [0, 0.05) is 11.9 Å². The van der Waals surface area contributed by atoms with Crippen LogP contribution < -0.4 is 4.74 Å². The van der Waals surface area contributed by atoms with E-state index in [9.17, 15) is 17.5 Å². The van der Waals surface area contributed by atoms with E-state index in [1.807, 2.05) is 0 Å². The van der Waals surface area contributed by atoms with Crippen molar-refractivity contribution in [2.75, 3.05) is 0 Å². The van der Waals surface area contributed by atoms with Crippen molar-refractivity contribution in [1.82, 2.24) is 0 Å². The van der Waals surface area contributed by atoms with E-state index in [-0.39, 0.29) is 12.1 Å². The fourth-order valence-corrected chi connectivity index (χ4v) is 0.932. The first-order chi connectivity index (χ1) is 7.51. The van der Waals surface area contributed by atoms with Crippen molar-refractivity contribution in [3.8, 4) is 17.6 Å². The largest absolute Gasteiger partial charge is 0.573 e. The average Bonchev–Trinajstić information content (AvgIpc) is 2.19. The Morgan fingerprint density at radius 1 is 1.19 bits per heavy atom. The van der Waals surface area contributed by atoms with Gasteiger partial charge in [-0.1, -0.05) is 5.92 Å². The number of hydrogen-bond donors (Lipinski definition) is 0. The monoisotopic (exact) mass is 229 g/mol. The molecule has 0 heterocycles. The summed E-state index contributed by atoms with van der Waals surface area (Å²) in [6, 6.07) is 5.03. The van der Waals surface area contributed by atoms with Crippen LogP contribution in [0.2, 0.25) is 6.32 Å². The molecule has 1 aromatic rings. The van der Waals surface area contributed by atoms with E-state index >= 15 is 0 Å². The van der Waals surface area contributed by atoms with Gasteiger partial charge in [0.2, 0.25) is 0 Å². The maximum Gasteiger partial charge on any atom is 0.573 e. The molecule has 0 aliphatic rings. The Kier molecular flexibility index (Phi) is 4.23. The van der Waals surface area contributed by atoms with Crippen LogP contribution in [0, 0.1) is 11.8 Å². The van der Waals surface area contributed by atoms with E-state index in [4.69, 9.17) is 0 Å². The van der Waals surface area contributed by atoms with Gasteiger partial charge in [0.05, 0.1) is 0 Å². The summed E-state index contributed by atoms with van der Waals surface area (Å²) in [6.07, 6.45) is -4.71. The minimum atomic E-state index is -4.70. The van der Waals surface area contributed by atoms with Crippen LogP contribution in [0.25, 0.3) is 0 Å². The Morgan fingerprint density at radius 3 is 2.31 bits per heavy atom. The lowest BCUT2D eigenvalue weighted by atomic mass is 10.0. The molecule has 1 radical (unpaired) electrons. The fourth-order valence-electron chi connectivity index (χ4n) is 0.932. The van der Waals surface area contributed by atoms with Gasteiger partial charge in [-0.25, -0.2) is 0 Å². The standard InChI is InChI=1S/C10H6BF4O/c12-10(13,14)16-9-5-3-8(4-6-9)2-1-7-11-15/h3-6H,7H2. The Hall–Kier alpha value is -1.64. The maximum atomic E-state index is 11.8. The molecule has 0 amide bonds. The Balaban J connectivity index is 2.66. The molecular formula is C10H6BF4O. The molecule has 0 fully saturated rings. The molecular weight excluding hydrogens is 223 g/mol. The predicted octanol–water partition coefficient (Wildman–Crippen LogP) is 2.94. The normalized spacial score (nSPS) is 10.2. The molecule has 1 rings (SSSR count). The van der Waals surface area contributed by atoms with Gasteiger partial charge in [-0.15, -0.1) is 19.1 Å². The lowest BCUT2D eigenvalue weighted by molar-refractivity contribution is -0.274. The van der Waals surface area contributed by atoms with Gasteiger partial charge in [-0.3, -0.25) is 0 Å². The highest BCUT2D eigenvalue weighted by molar-refractivity contribution is 6.27. The summed E-state index contributed by atoms with van der Waals surface area (Å²) in [5.41, 5.74) is 0.497. The number of ether oxygens (including phenoxy) is 1. The van der Waals surface area contributed by atoms with E-state index in [0.29, 0.717) is 13.1 Å². The third-order valence-corrected chi connectivity index (χ3v) is 1.50. The molecule has 0 atom stereocenters. The van der Waals surface area contributed by atoms with E-state index in [2.05, 4.69) is 16.6 Å². The van der Waals surface area contributed by atoms with Gasteiger partial charge < -0.3 is 9.05 Å². The molecule has 1 nitrogen and oxygen atoms in total. The molecule has 0 aliphatic heterocycles. The molecule has 1 aromatic carbocycles. The molecule has 0 bridgehead atoms. The van der Waals surface area contributed by atoms with Crippen LogP contribution in [-0.4, -0.2) is 13.9 Å². The van der Waals surface area contributed by atoms with E-state index < -0.39 is 6.36 Å². The highest BCUT2D eigenvalue weighted by atomic mass is 19.4. The van der Waals surface area contributed by atoms with Gasteiger partial charge in [0.1, 0.15) is 5.75 Å². The number of rotatable bonds is 2. The summed E-state index contributed by atoms with van der Waals surface area (Å²) < 4.78 is 50.6. The van der Waals surface area contributed by atoms with Crippen LogP contribution in [0.5, 0.6) is 5.75 Å². The topological polar surface area (TPSA) is 9.23 Å². The van der Waals surface area contributed by atoms with Gasteiger partial charge in [0.25, 0.3) is 0 Å². The quantitative estimate of drug-likeness (QED) is 0.430. The molecule has 16 heavy (non-hydrogen) atoms. The summed E-state index contributed by atoms with van der Waals surface area (Å²) in [4.78, 5) is 0. The van der Waals surface area contributed by atoms with Gasteiger partial charge in [-0.05, 0) is 24.3 Å². The van der Waals surface area contributed by atoms with Crippen LogP contribution in [-0.2, 0) is 0 Å². The Bertz CT molecular complexity index is 388. The minimum absolute atomic E-state index is 0.0131. The van der Waals surface area contributed by atoms with Gasteiger partial charge in [0.15, 0.2) is 0 Å². The second kappa shape index (κ2) is 5.45. The zero-order valence-electron chi connectivity index (χ0n) is 8.01. The summed E-state index contributed by atoms with van der Waals surface area (Å²) in [6.45, 7) is 0. The molecule has 0 spiro atoms. The van der Waals surface area contributed by atoms with Crippen molar-refractivity contribution < 1.29 is 22.2 Å². The van der Waals surface area contributed by atoms with Crippen LogP contribution in [0.1, 0.15) is 5.56 Å². The Labute approximate surface area is 90.7 Å². The maximum absolute atomic E-state index is 11.8. The third kappa shape index (κ3) is 4.74. The average molecular weight is 229 g/mol. The van der Waals surface area contributed by atoms with Crippen molar-refractivity contribution in [3.05, 3.63) is 29.8 Å². The second-order valence-corrected chi connectivity index (χ2v) is 2.73. The summed E-state index contributed by atoms with van der Waals surface area (Å²) in [7, 11) is 0.397. The zero-order valence-corrected chi connectivity index (χ0v) is 8.01. The smallest absolute Gasteiger partial charge is 0.406 e. The van der Waals surface area contributed by atoms with E-state index in [1.165, 1.54) is 12.1 Å². The van der Waals surface area contributed by atoms with E-state index in [1.54, 1.807) is 0 Å². The lowest BCUT2D eigenvalue weighted by Gasteiger charge is -2.07. The Morgan fingerprint density at radius 2 is 1.81 bits per heavy atom. The molecule has 0 saturated heterocycles. The number of alkyl halides is 3. The SMILES string of the molecule is F[B]CC#Cc1ccc(OC(F)(F)F)cc1. The number of hydrogen-bond acceptors (Lipinski definition) is 1. The molecule has 0 saturated carbocycles. The summed E-state index contributed by atoms with van der Waals surface area (Å²) >= 11 is 0. The van der Waals surface area contributed by atoms with Crippen molar-refractivity contribution in [3.63, 3.8) is 0 Å². The van der Waals surface area contributed by atoms with Crippen LogP contribution in [0.4, 0.5) is 17.5 Å². The summed E-state index contributed by atoms with van der Waals surface area (Å²) in [5.74, 6) is 4.74. The lowest BCUT2D eigenvalue weighted by Crippen LogP contribution is -2.16. The molecule has 0 aromatic heterocycles. The van der Waals surface area contributed by atoms with Gasteiger partial charge in [-0.2, -0.15) is 0 Å². The first-order valence-corrected chi connectivity index (χ1v) is 4.28. The molecule has 0 aliphatic carbocycles. The molecule has 0 unspecified atom stereocenters. The first-order valence-electron chi connectivity index (χ1n) is 4.28.